The molecule has 0 fully saturated rings. The van der Waals surface area contributed by atoms with Crippen molar-refractivity contribution in [2.24, 2.45) is 0 Å². The van der Waals surface area contributed by atoms with E-state index in [2.05, 4.69) is 88.0 Å². The molecule has 0 atom stereocenters. The Labute approximate surface area is 217 Å². The molecule has 0 saturated carbocycles. The number of hydrogen-bond acceptors (Lipinski definition) is 4. The van der Waals surface area contributed by atoms with Gasteiger partial charge in [0.1, 0.15) is 33.4 Å². The van der Waals surface area contributed by atoms with E-state index in [1.54, 1.807) is 0 Å². The number of benzene rings is 3. The van der Waals surface area contributed by atoms with Gasteiger partial charge in [0.15, 0.2) is 0 Å². The highest BCUT2D eigenvalue weighted by molar-refractivity contribution is 6.20. The maximum atomic E-state index is 4.95. The molecule has 38 heavy (non-hydrogen) atoms. The third-order valence-electron chi connectivity index (χ3n) is 7.12. The lowest BCUT2D eigenvalue weighted by atomic mass is 10.1. The van der Waals surface area contributed by atoms with Gasteiger partial charge in [-0.25, -0.2) is 4.98 Å². The molecule has 0 amide bonds. The molecular formula is C32H20N6. The first kappa shape index (κ1) is 20.8. The fraction of sp³-hybridized carbons (Fsp3) is 0. The van der Waals surface area contributed by atoms with Crippen LogP contribution in [0, 0.1) is 0 Å². The first-order chi connectivity index (χ1) is 18.9. The molecule has 8 rings (SSSR count). The van der Waals surface area contributed by atoms with Gasteiger partial charge in [0.2, 0.25) is 0 Å². The monoisotopic (exact) mass is 488 g/mol. The number of hydrogen-bond donors (Lipinski definition) is 0. The minimum Gasteiger partial charge on any atom is -0.304 e. The van der Waals surface area contributed by atoms with Crippen LogP contribution >= 0.6 is 0 Å². The van der Waals surface area contributed by atoms with Crippen LogP contribution in [0.25, 0.3) is 66.6 Å². The molecule has 0 saturated heterocycles. The average molecular weight is 489 g/mol. The summed E-state index contributed by atoms with van der Waals surface area (Å²) in [6, 6.07) is 37.2. The molecule has 5 aromatic heterocycles. The number of para-hydroxylation sites is 2. The molecule has 8 aromatic rings. The van der Waals surface area contributed by atoms with E-state index >= 15 is 0 Å². The third-order valence-corrected chi connectivity index (χ3v) is 7.12. The van der Waals surface area contributed by atoms with Crippen LogP contribution in [0.3, 0.4) is 0 Å². The maximum Gasteiger partial charge on any atom is 0.145 e. The van der Waals surface area contributed by atoms with Crippen LogP contribution < -0.4 is 0 Å². The van der Waals surface area contributed by atoms with Gasteiger partial charge in [-0.05, 0) is 48.0 Å². The van der Waals surface area contributed by atoms with Crippen LogP contribution in [-0.2, 0) is 0 Å². The zero-order valence-corrected chi connectivity index (χ0v) is 20.2. The normalized spacial score (nSPS) is 11.7. The van der Waals surface area contributed by atoms with E-state index in [4.69, 9.17) is 20.2 Å². The maximum absolute atomic E-state index is 4.95. The number of aromatic nitrogens is 6. The highest BCUT2D eigenvalue weighted by Gasteiger charge is 2.24. The Bertz CT molecular complexity index is 2120. The predicted octanol–water partition coefficient (Wildman–Crippen LogP) is 7.13. The number of pyridine rings is 2. The summed E-state index contributed by atoms with van der Waals surface area (Å²) in [4.78, 5) is 9.69. The van der Waals surface area contributed by atoms with Gasteiger partial charge in [0.05, 0.1) is 11.0 Å². The van der Waals surface area contributed by atoms with E-state index in [1.807, 2.05) is 42.7 Å². The first-order valence-corrected chi connectivity index (χ1v) is 12.5. The van der Waals surface area contributed by atoms with Crippen molar-refractivity contribution in [3.8, 4) is 22.6 Å². The van der Waals surface area contributed by atoms with E-state index in [-0.39, 0.29) is 0 Å². The lowest BCUT2D eigenvalue weighted by Crippen LogP contribution is -2.03. The molecule has 6 nitrogen and oxygen atoms in total. The van der Waals surface area contributed by atoms with Gasteiger partial charge < -0.3 is 4.57 Å². The summed E-state index contributed by atoms with van der Waals surface area (Å²) in [5.41, 5.74) is 9.51. The van der Waals surface area contributed by atoms with Crippen molar-refractivity contribution in [1.29, 1.82) is 0 Å². The van der Waals surface area contributed by atoms with Crippen LogP contribution in [0.5, 0.6) is 0 Å². The van der Waals surface area contributed by atoms with Gasteiger partial charge in [-0.1, -0.05) is 66.7 Å². The van der Waals surface area contributed by atoms with Gasteiger partial charge in [0, 0.05) is 29.0 Å². The van der Waals surface area contributed by atoms with E-state index in [0.717, 1.165) is 66.6 Å². The second-order valence-electron chi connectivity index (χ2n) is 9.23. The summed E-state index contributed by atoms with van der Waals surface area (Å²) in [6.07, 6.45) is 3.66. The van der Waals surface area contributed by atoms with Crippen LogP contribution in [0.1, 0.15) is 0 Å². The highest BCUT2D eigenvalue weighted by atomic mass is 15.2. The molecule has 0 N–H and O–H groups in total. The van der Waals surface area contributed by atoms with E-state index < -0.39 is 0 Å². The van der Waals surface area contributed by atoms with Crippen molar-refractivity contribution in [3.05, 3.63) is 122 Å². The second-order valence-corrected chi connectivity index (χ2v) is 9.23. The van der Waals surface area contributed by atoms with Crippen molar-refractivity contribution in [3.63, 3.8) is 0 Å². The van der Waals surface area contributed by atoms with Gasteiger partial charge in [-0.2, -0.15) is 0 Å². The minimum atomic E-state index is 0.762. The van der Waals surface area contributed by atoms with Crippen molar-refractivity contribution >= 4 is 44.0 Å². The largest absolute Gasteiger partial charge is 0.304 e. The fourth-order valence-electron chi connectivity index (χ4n) is 5.54. The van der Waals surface area contributed by atoms with Crippen LogP contribution in [0.4, 0.5) is 0 Å². The summed E-state index contributed by atoms with van der Waals surface area (Å²) in [5.74, 6) is 0.844. The zero-order chi connectivity index (χ0) is 25.1. The molecule has 0 aliphatic rings. The van der Waals surface area contributed by atoms with Gasteiger partial charge >= 0.3 is 0 Å². The number of rotatable bonds is 3. The quantitative estimate of drug-likeness (QED) is 0.265. The van der Waals surface area contributed by atoms with Gasteiger partial charge in [0.25, 0.3) is 0 Å². The van der Waals surface area contributed by atoms with E-state index in [0.29, 0.717) is 0 Å². The Morgan fingerprint density at radius 1 is 0.474 bits per heavy atom. The molecule has 0 unspecified atom stereocenters. The van der Waals surface area contributed by atoms with Gasteiger partial charge in [-0.15, -0.1) is 10.2 Å². The SMILES string of the molecule is c1ccc(-c2cccnc2-n2c3ccccc3c3nnc4c5ncccc5n(-c5ccccc5)c4c32)cc1. The fourth-order valence-corrected chi connectivity index (χ4v) is 5.54. The van der Waals surface area contributed by atoms with Gasteiger partial charge in [-0.3, -0.25) is 9.55 Å². The molecule has 3 aromatic carbocycles. The summed E-state index contributed by atoms with van der Waals surface area (Å²) in [7, 11) is 0. The molecule has 0 spiro atoms. The lowest BCUT2D eigenvalue weighted by Gasteiger charge is -2.14. The summed E-state index contributed by atoms with van der Waals surface area (Å²) in [5, 5.41) is 10.6. The highest BCUT2D eigenvalue weighted by Crippen LogP contribution is 2.40. The summed E-state index contributed by atoms with van der Waals surface area (Å²) >= 11 is 0. The zero-order valence-electron chi connectivity index (χ0n) is 20.2. The van der Waals surface area contributed by atoms with Crippen molar-refractivity contribution in [2.75, 3.05) is 0 Å². The Kier molecular flexibility index (Phi) is 4.42. The van der Waals surface area contributed by atoms with E-state index in [9.17, 15) is 0 Å². The standard InChI is InChI=1S/C32H20N6/c1-3-11-21(12-4-1)23-16-9-20-34-32(23)38-25-17-8-7-15-24(25)27-30(38)31-29(36-35-27)28-26(18-10-19-33-28)37(31)22-13-5-2-6-14-22/h1-20H. The van der Waals surface area contributed by atoms with Crippen molar-refractivity contribution < 1.29 is 0 Å². The minimum absolute atomic E-state index is 0.762. The summed E-state index contributed by atoms with van der Waals surface area (Å²) in [6.45, 7) is 0. The molecule has 178 valence electrons. The third kappa shape index (κ3) is 2.88. The molecule has 0 radical (unpaired) electrons. The Morgan fingerprint density at radius 3 is 2.00 bits per heavy atom. The van der Waals surface area contributed by atoms with Crippen molar-refractivity contribution in [2.45, 2.75) is 0 Å². The van der Waals surface area contributed by atoms with E-state index in [1.165, 1.54) is 0 Å². The van der Waals surface area contributed by atoms with Crippen LogP contribution in [0.2, 0.25) is 0 Å². The molecule has 5 heterocycles. The first-order valence-electron chi connectivity index (χ1n) is 12.5. The number of nitrogens with zero attached hydrogens (tertiary/aromatic N) is 6. The molecular weight excluding hydrogens is 468 g/mol. The molecule has 0 bridgehead atoms. The second kappa shape index (κ2) is 8.08. The lowest BCUT2D eigenvalue weighted by molar-refractivity contribution is 1.06. The van der Waals surface area contributed by atoms with Crippen LogP contribution in [-0.4, -0.2) is 29.3 Å². The number of fused-ring (bicyclic) bond motifs is 7. The molecule has 0 aliphatic carbocycles. The summed E-state index contributed by atoms with van der Waals surface area (Å²) < 4.78 is 4.48. The smallest absolute Gasteiger partial charge is 0.145 e. The topological polar surface area (TPSA) is 61.4 Å². The van der Waals surface area contributed by atoms with Crippen molar-refractivity contribution in [1.82, 2.24) is 29.3 Å². The average Bonchev–Trinajstić information content (AvgIpc) is 3.51. The molecule has 0 aliphatic heterocycles. The Hall–Kier alpha value is -5.36. The predicted molar refractivity (Wildman–Crippen MR) is 152 cm³/mol. The Morgan fingerprint density at radius 2 is 1.13 bits per heavy atom. The Balaban J connectivity index is 1.63. The molecule has 6 heteroatoms. The van der Waals surface area contributed by atoms with Crippen LogP contribution in [0.15, 0.2) is 122 Å².